The minimum Gasteiger partial charge on any atom is -0.494 e. The quantitative estimate of drug-likeness (QED) is 0.578. The lowest BCUT2D eigenvalue weighted by atomic mass is 9.91. The topological polar surface area (TPSA) is 56.5 Å². The Morgan fingerprint density at radius 3 is 2.44 bits per heavy atom. The molecule has 1 aromatic rings. The molecule has 0 aliphatic heterocycles. The van der Waals surface area contributed by atoms with Crippen molar-refractivity contribution in [1.82, 2.24) is 5.43 Å². The van der Waals surface area contributed by atoms with Crippen LogP contribution >= 0.6 is 0 Å². The average Bonchev–Trinajstić information content (AvgIpc) is 2.32. The molecule has 3 N–H and O–H groups in total. The third-order valence-corrected chi connectivity index (χ3v) is 2.91. The van der Waals surface area contributed by atoms with Crippen LogP contribution in [0.4, 0.5) is 0 Å². The monoisotopic (exact) mass is 252 g/mol. The van der Waals surface area contributed by atoms with Crippen molar-refractivity contribution in [3.8, 4) is 5.75 Å². The zero-order chi connectivity index (χ0) is 13.6. The van der Waals surface area contributed by atoms with Gasteiger partial charge in [0, 0.05) is 12.2 Å². The van der Waals surface area contributed by atoms with E-state index in [4.69, 9.17) is 15.3 Å². The molecule has 0 spiro atoms. The molecule has 0 aromatic heterocycles. The first-order chi connectivity index (χ1) is 8.56. The van der Waals surface area contributed by atoms with Crippen LogP contribution in [0.2, 0.25) is 0 Å². The summed E-state index contributed by atoms with van der Waals surface area (Å²) < 4.78 is 11.4. The molecule has 102 valence electrons. The Morgan fingerprint density at radius 1 is 1.22 bits per heavy atom. The van der Waals surface area contributed by atoms with Gasteiger partial charge >= 0.3 is 0 Å². The molecule has 0 heterocycles. The number of hydrazine groups is 1. The van der Waals surface area contributed by atoms with E-state index in [1.165, 1.54) is 0 Å². The molecule has 4 heteroatoms. The minimum absolute atomic E-state index is 0.125. The van der Waals surface area contributed by atoms with Crippen LogP contribution in [-0.4, -0.2) is 18.8 Å². The maximum atomic E-state index is 5.77. The molecule has 0 saturated carbocycles. The molecule has 0 bridgehead atoms. The van der Waals surface area contributed by atoms with Gasteiger partial charge in [-0.05, 0) is 33.8 Å². The summed E-state index contributed by atoms with van der Waals surface area (Å²) >= 11 is 0. The lowest BCUT2D eigenvalue weighted by Crippen LogP contribution is -2.44. The van der Waals surface area contributed by atoms with E-state index in [1.54, 1.807) is 0 Å². The van der Waals surface area contributed by atoms with Gasteiger partial charge in [-0.1, -0.05) is 18.2 Å². The van der Waals surface area contributed by atoms with Crippen LogP contribution in [0.15, 0.2) is 24.3 Å². The van der Waals surface area contributed by atoms with E-state index in [2.05, 4.69) is 5.43 Å². The largest absolute Gasteiger partial charge is 0.494 e. The number of nitrogens with one attached hydrogen (secondary N) is 1. The van der Waals surface area contributed by atoms with Crippen molar-refractivity contribution in [2.45, 2.75) is 39.3 Å². The van der Waals surface area contributed by atoms with Crippen LogP contribution in [0.25, 0.3) is 0 Å². The van der Waals surface area contributed by atoms with Crippen molar-refractivity contribution in [3.63, 3.8) is 0 Å². The van der Waals surface area contributed by atoms with Crippen LogP contribution in [0.3, 0.4) is 0 Å². The number of para-hydroxylation sites is 1. The van der Waals surface area contributed by atoms with Crippen LogP contribution in [0.1, 0.15) is 39.3 Å². The molecule has 0 aliphatic carbocycles. The third-order valence-electron chi connectivity index (χ3n) is 2.91. The van der Waals surface area contributed by atoms with E-state index >= 15 is 0 Å². The Balaban J connectivity index is 3.08. The van der Waals surface area contributed by atoms with Crippen molar-refractivity contribution >= 4 is 0 Å². The fourth-order valence-electron chi connectivity index (χ4n) is 2.13. The molecule has 1 rings (SSSR count). The Bertz CT molecular complexity index is 367. The summed E-state index contributed by atoms with van der Waals surface area (Å²) in [7, 11) is 0. The van der Waals surface area contributed by atoms with Crippen LogP contribution < -0.4 is 16.0 Å². The molecular formula is C14H24N2O2. The van der Waals surface area contributed by atoms with Crippen molar-refractivity contribution < 1.29 is 9.47 Å². The summed E-state index contributed by atoms with van der Waals surface area (Å²) in [4.78, 5) is 0. The molecule has 0 saturated heterocycles. The van der Waals surface area contributed by atoms with Crippen LogP contribution in [0, 0.1) is 0 Å². The molecule has 1 unspecified atom stereocenters. The molecule has 0 fully saturated rings. The Morgan fingerprint density at radius 2 is 1.89 bits per heavy atom. The van der Waals surface area contributed by atoms with Gasteiger partial charge in [0.25, 0.3) is 0 Å². The predicted molar refractivity (Wildman–Crippen MR) is 73.4 cm³/mol. The SMILES string of the molecule is CCOc1ccccc1C(NN)C(C)(C)OCC. The van der Waals surface area contributed by atoms with Gasteiger partial charge in [-0.25, -0.2) is 5.43 Å². The van der Waals surface area contributed by atoms with E-state index in [9.17, 15) is 0 Å². The summed E-state index contributed by atoms with van der Waals surface area (Å²) in [6.07, 6.45) is 0. The lowest BCUT2D eigenvalue weighted by Gasteiger charge is -2.34. The first kappa shape index (κ1) is 15.0. The average molecular weight is 252 g/mol. The Kier molecular flexibility index (Phi) is 5.59. The van der Waals surface area contributed by atoms with E-state index in [-0.39, 0.29) is 6.04 Å². The highest BCUT2D eigenvalue weighted by Gasteiger charge is 2.32. The molecule has 0 aliphatic rings. The zero-order valence-corrected chi connectivity index (χ0v) is 11.7. The standard InChI is InChI=1S/C14H24N2O2/c1-5-17-12-10-8-7-9-11(12)13(16-15)14(3,4)18-6-2/h7-10,13,16H,5-6,15H2,1-4H3. The van der Waals surface area contributed by atoms with Crippen molar-refractivity contribution in [2.75, 3.05) is 13.2 Å². The summed E-state index contributed by atoms with van der Waals surface area (Å²) in [5.74, 6) is 6.54. The number of rotatable bonds is 7. The van der Waals surface area contributed by atoms with Gasteiger partial charge in [-0.3, -0.25) is 5.84 Å². The summed E-state index contributed by atoms with van der Waals surface area (Å²) in [6, 6.07) is 7.77. The smallest absolute Gasteiger partial charge is 0.124 e. The maximum Gasteiger partial charge on any atom is 0.124 e. The van der Waals surface area contributed by atoms with Crippen molar-refractivity contribution in [3.05, 3.63) is 29.8 Å². The second-order valence-corrected chi connectivity index (χ2v) is 4.61. The highest BCUT2D eigenvalue weighted by Crippen LogP contribution is 2.33. The summed E-state index contributed by atoms with van der Waals surface area (Å²) in [5, 5.41) is 0. The number of nitrogens with two attached hydrogens (primary N) is 1. The van der Waals surface area contributed by atoms with Crippen molar-refractivity contribution in [1.29, 1.82) is 0 Å². The lowest BCUT2D eigenvalue weighted by molar-refractivity contribution is -0.0398. The van der Waals surface area contributed by atoms with Gasteiger partial charge < -0.3 is 9.47 Å². The summed E-state index contributed by atoms with van der Waals surface area (Å²) in [5.41, 5.74) is 3.45. The molecule has 0 amide bonds. The van der Waals surface area contributed by atoms with Gasteiger partial charge in [0.05, 0.1) is 18.2 Å². The first-order valence-electron chi connectivity index (χ1n) is 6.38. The van der Waals surface area contributed by atoms with E-state index < -0.39 is 5.60 Å². The fraction of sp³-hybridized carbons (Fsp3) is 0.571. The van der Waals surface area contributed by atoms with Gasteiger partial charge in [0.1, 0.15) is 5.75 Å². The first-order valence-corrected chi connectivity index (χ1v) is 6.38. The molecular weight excluding hydrogens is 228 g/mol. The number of hydrogen-bond donors (Lipinski definition) is 2. The minimum atomic E-state index is -0.406. The number of ether oxygens (including phenoxy) is 2. The Labute approximate surface area is 109 Å². The molecule has 18 heavy (non-hydrogen) atoms. The normalized spacial score (nSPS) is 13.4. The van der Waals surface area contributed by atoms with Gasteiger partial charge in [0.15, 0.2) is 0 Å². The molecule has 4 nitrogen and oxygen atoms in total. The molecule has 1 atom stereocenters. The zero-order valence-electron chi connectivity index (χ0n) is 11.7. The van der Waals surface area contributed by atoms with Gasteiger partial charge in [-0.2, -0.15) is 0 Å². The Hall–Kier alpha value is -1.10. The number of hydrogen-bond acceptors (Lipinski definition) is 4. The van der Waals surface area contributed by atoms with Gasteiger partial charge in [0.2, 0.25) is 0 Å². The predicted octanol–water partition coefficient (Wildman–Crippen LogP) is 2.40. The molecule has 1 aromatic carbocycles. The molecule has 0 radical (unpaired) electrons. The fourth-order valence-corrected chi connectivity index (χ4v) is 2.13. The summed E-state index contributed by atoms with van der Waals surface area (Å²) in [6.45, 7) is 9.25. The van der Waals surface area contributed by atoms with Crippen LogP contribution in [0.5, 0.6) is 5.75 Å². The second kappa shape index (κ2) is 6.73. The highest BCUT2D eigenvalue weighted by molar-refractivity contribution is 5.37. The van der Waals surface area contributed by atoms with Crippen molar-refractivity contribution in [2.24, 2.45) is 5.84 Å². The highest BCUT2D eigenvalue weighted by atomic mass is 16.5. The number of benzene rings is 1. The maximum absolute atomic E-state index is 5.77. The van der Waals surface area contributed by atoms with Gasteiger partial charge in [-0.15, -0.1) is 0 Å². The van der Waals surface area contributed by atoms with E-state index in [0.717, 1.165) is 11.3 Å². The van der Waals surface area contributed by atoms with E-state index in [0.29, 0.717) is 13.2 Å². The second-order valence-electron chi connectivity index (χ2n) is 4.61. The van der Waals surface area contributed by atoms with E-state index in [1.807, 2.05) is 52.0 Å². The van der Waals surface area contributed by atoms with Crippen LogP contribution in [-0.2, 0) is 4.74 Å². The third kappa shape index (κ3) is 3.45.